The molecule has 4 heteroatoms. The van der Waals surface area contributed by atoms with Gasteiger partial charge in [0.1, 0.15) is 29.6 Å². The molecule has 1 spiro atoms. The number of hydrogen-bond acceptors (Lipinski definition) is 4. The predicted molar refractivity (Wildman–Crippen MR) is 119 cm³/mol. The molecule has 4 nitrogen and oxygen atoms in total. The number of hydrogen-bond donors (Lipinski definition) is 1. The van der Waals surface area contributed by atoms with Gasteiger partial charge >= 0.3 is 0 Å². The van der Waals surface area contributed by atoms with Crippen molar-refractivity contribution in [1.82, 2.24) is 0 Å². The van der Waals surface area contributed by atoms with Crippen LogP contribution in [0.25, 0.3) is 0 Å². The van der Waals surface area contributed by atoms with Crippen molar-refractivity contribution < 1.29 is 19.3 Å². The summed E-state index contributed by atoms with van der Waals surface area (Å²) in [4.78, 5) is 0. The van der Waals surface area contributed by atoms with Crippen LogP contribution in [0.5, 0.6) is 23.0 Å². The van der Waals surface area contributed by atoms with E-state index in [-0.39, 0.29) is 10.8 Å². The lowest BCUT2D eigenvalue weighted by atomic mass is 9.69. The van der Waals surface area contributed by atoms with Crippen LogP contribution in [0.4, 0.5) is 0 Å². The Morgan fingerprint density at radius 1 is 0.933 bits per heavy atom. The highest BCUT2D eigenvalue weighted by atomic mass is 16.7. The zero-order chi connectivity index (χ0) is 21.9. The molecule has 0 saturated heterocycles. The Bertz CT molecular complexity index is 1020. The fraction of sp³-hybridized carbons (Fsp3) is 0.462. The maximum atomic E-state index is 10.2. The number of phenols is 1. The monoisotopic (exact) mass is 408 g/mol. The number of aromatic hydroxyl groups is 1. The van der Waals surface area contributed by atoms with E-state index in [9.17, 15) is 5.11 Å². The molecule has 1 unspecified atom stereocenters. The molecule has 2 aromatic rings. The fourth-order valence-corrected chi connectivity index (χ4v) is 5.03. The van der Waals surface area contributed by atoms with Gasteiger partial charge in [-0.25, -0.2) is 0 Å². The predicted octanol–water partition coefficient (Wildman–Crippen LogP) is 6.09. The lowest BCUT2D eigenvalue weighted by Gasteiger charge is -2.51. The quantitative estimate of drug-likeness (QED) is 0.624. The minimum Gasteiger partial charge on any atom is -0.508 e. The second kappa shape index (κ2) is 6.69. The molecule has 0 radical (unpaired) electrons. The molecule has 1 N–H and O–H groups in total. The second-order valence-corrected chi connectivity index (χ2v) is 10.1. The van der Waals surface area contributed by atoms with Gasteiger partial charge < -0.3 is 19.3 Å². The van der Waals surface area contributed by atoms with E-state index >= 15 is 0 Å². The average molecular weight is 409 g/mol. The van der Waals surface area contributed by atoms with Crippen molar-refractivity contribution in [3.05, 3.63) is 59.2 Å². The molecule has 2 heterocycles. The first-order valence-electron chi connectivity index (χ1n) is 10.6. The molecule has 0 aromatic heterocycles. The van der Waals surface area contributed by atoms with Crippen molar-refractivity contribution in [2.24, 2.45) is 0 Å². The van der Waals surface area contributed by atoms with Gasteiger partial charge in [0, 0.05) is 34.8 Å². The number of rotatable bonds is 3. The lowest BCUT2D eigenvalue weighted by Crippen LogP contribution is -2.55. The van der Waals surface area contributed by atoms with Crippen molar-refractivity contribution in [2.75, 3.05) is 6.61 Å². The van der Waals surface area contributed by atoms with E-state index in [1.54, 1.807) is 6.08 Å². The number of ether oxygens (including phenoxy) is 3. The Labute approximate surface area is 179 Å². The summed E-state index contributed by atoms with van der Waals surface area (Å²) in [5, 5.41) is 10.2. The summed E-state index contributed by atoms with van der Waals surface area (Å²) in [6, 6.07) is 7.93. The zero-order valence-corrected chi connectivity index (χ0v) is 18.9. The zero-order valence-electron chi connectivity index (χ0n) is 18.9. The summed E-state index contributed by atoms with van der Waals surface area (Å²) in [5.74, 6) is 2.06. The van der Waals surface area contributed by atoms with E-state index in [1.807, 2.05) is 26.0 Å². The van der Waals surface area contributed by atoms with E-state index in [0.29, 0.717) is 18.8 Å². The molecule has 0 bridgehead atoms. The summed E-state index contributed by atoms with van der Waals surface area (Å²) in [5.41, 5.74) is 3.62. The highest BCUT2D eigenvalue weighted by Gasteiger charge is 2.53. The highest BCUT2D eigenvalue weighted by molar-refractivity contribution is 5.53. The van der Waals surface area contributed by atoms with Gasteiger partial charge in [-0.05, 0) is 49.2 Å². The summed E-state index contributed by atoms with van der Waals surface area (Å²) in [6.07, 6.45) is 3.18. The Hall–Kier alpha value is -2.62. The molecule has 0 fully saturated rings. The van der Waals surface area contributed by atoms with Gasteiger partial charge in [0.25, 0.3) is 5.79 Å². The minimum absolute atomic E-state index is 0.160. The van der Waals surface area contributed by atoms with Crippen molar-refractivity contribution in [3.63, 3.8) is 0 Å². The van der Waals surface area contributed by atoms with E-state index < -0.39 is 5.79 Å². The van der Waals surface area contributed by atoms with Crippen LogP contribution in [0.2, 0.25) is 0 Å². The van der Waals surface area contributed by atoms with Gasteiger partial charge in [0.05, 0.1) is 0 Å². The molecular weight excluding hydrogens is 376 g/mol. The van der Waals surface area contributed by atoms with Crippen molar-refractivity contribution in [1.29, 1.82) is 0 Å². The van der Waals surface area contributed by atoms with Gasteiger partial charge in [-0.15, -0.1) is 0 Å². The van der Waals surface area contributed by atoms with Gasteiger partial charge in [-0.1, -0.05) is 40.3 Å². The summed E-state index contributed by atoms with van der Waals surface area (Å²) < 4.78 is 19.1. The first-order valence-corrected chi connectivity index (χ1v) is 10.6. The van der Waals surface area contributed by atoms with Crippen LogP contribution in [-0.2, 0) is 10.8 Å². The topological polar surface area (TPSA) is 47.9 Å². The van der Waals surface area contributed by atoms with E-state index in [1.165, 1.54) is 0 Å². The van der Waals surface area contributed by atoms with Gasteiger partial charge in [-0.3, -0.25) is 0 Å². The Morgan fingerprint density at radius 3 is 2.03 bits per heavy atom. The van der Waals surface area contributed by atoms with Crippen LogP contribution >= 0.6 is 0 Å². The van der Waals surface area contributed by atoms with Crippen LogP contribution in [0, 0.1) is 13.8 Å². The maximum absolute atomic E-state index is 10.2. The summed E-state index contributed by atoms with van der Waals surface area (Å²) in [7, 11) is 0. The Morgan fingerprint density at radius 2 is 1.47 bits per heavy atom. The van der Waals surface area contributed by atoms with Crippen molar-refractivity contribution in [2.45, 2.75) is 71.0 Å². The third-order valence-corrected chi connectivity index (χ3v) is 6.40. The number of benzene rings is 2. The van der Waals surface area contributed by atoms with Gasteiger partial charge in [0.15, 0.2) is 0 Å². The van der Waals surface area contributed by atoms with Crippen molar-refractivity contribution in [3.8, 4) is 23.0 Å². The third-order valence-electron chi connectivity index (χ3n) is 6.40. The molecule has 4 rings (SSSR count). The van der Waals surface area contributed by atoms with Crippen LogP contribution in [0.1, 0.15) is 62.8 Å². The first kappa shape index (κ1) is 20.6. The second-order valence-electron chi connectivity index (χ2n) is 10.1. The van der Waals surface area contributed by atoms with Crippen LogP contribution in [0.15, 0.2) is 36.9 Å². The number of phenolic OH excluding ortho intramolecular Hbond substituents is 1. The maximum Gasteiger partial charge on any atom is 0.252 e. The SMILES string of the molecule is C=CCOc1cc2c(cc1C)OC1(CC(C)(C)c3cc(O)c(C)cc3O1)CC2(C)C. The minimum atomic E-state index is -0.758. The Balaban J connectivity index is 1.78. The largest absolute Gasteiger partial charge is 0.508 e. The van der Waals surface area contributed by atoms with E-state index in [4.69, 9.17) is 14.2 Å². The van der Waals surface area contributed by atoms with Crippen LogP contribution < -0.4 is 14.2 Å². The molecule has 2 aliphatic rings. The number of aryl methyl sites for hydroxylation is 2. The molecule has 2 aliphatic heterocycles. The first-order chi connectivity index (χ1) is 14.0. The van der Waals surface area contributed by atoms with Gasteiger partial charge in [0.2, 0.25) is 0 Å². The normalized spacial score (nSPS) is 23.0. The molecule has 160 valence electrons. The summed E-state index contributed by atoms with van der Waals surface area (Å²) >= 11 is 0. The molecule has 30 heavy (non-hydrogen) atoms. The molecule has 1 atom stereocenters. The van der Waals surface area contributed by atoms with E-state index in [0.717, 1.165) is 45.9 Å². The van der Waals surface area contributed by atoms with Crippen molar-refractivity contribution >= 4 is 0 Å². The fourth-order valence-electron chi connectivity index (χ4n) is 5.03. The average Bonchev–Trinajstić information content (AvgIpc) is 2.61. The van der Waals surface area contributed by atoms with E-state index in [2.05, 4.69) is 46.4 Å². The van der Waals surface area contributed by atoms with Crippen LogP contribution in [-0.4, -0.2) is 17.5 Å². The molecule has 2 aromatic carbocycles. The standard InChI is InChI=1S/C26H32O4/c1-8-9-28-21-13-19-23(11-17(21)3)30-26(15-25(19,6)7)14-24(4,5)18-12-20(27)16(2)10-22(18)29-26/h8,10-13,27H,1,9,14-15H2,2-7H3. The number of fused-ring (bicyclic) bond motifs is 2. The smallest absolute Gasteiger partial charge is 0.252 e. The Kier molecular flexibility index (Phi) is 4.61. The third kappa shape index (κ3) is 3.32. The van der Waals surface area contributed by atoms with Gasteiger partial charge in [-0.2, -0.15) is 0 Å². The lowest BCUT2D eigenvalue weighted by molar-refractivity contribution is -0.166. The molecule has 0 aliphatic carbocycles. The van der Waals surface area contributed by atoms with Crippen LogP contribution in [0.3, 0.4) is 0 Å². The summed E-state index contributed by atoms with van der Waals surface area (Å²) in [6.45, 7) is 17.0. The highest BCUT2D eigenvalue weighted by Crippen LogP contribution is 2.55. The molecular formula is C26H32O4. The molecule has 0 amide bonds. The molecule has 0 saturated carbocycles.